The molecule has 1 aromatic carbocycles. The highest BCUT2D eigenvalue weighted by molar-refractivity contribution is 6.34. The number of rotatable bonds is 6. The summed E-state index contributed by atoms with van der Waals surface area (Å²) in [5, 5.41) is 0.831. The third kappa shape index (κ3) is 4.35. The normalized spacial score (nSPS) is 11.9. The number of Topliss-reactive ketones (excluding diaryl/α,β-unsaturated/α-hetero) is 1. The molecule has 1 aromatic heterocycles. The maximum Gasteiger partial charge on any atom is 0.340 e. The zero-order valence-electron chi connectivity index (χ0n) is 14.4. The van der Waals surface area contributed by atoms with Crippen LogP contribution in [0.2, 0.25) is 10.0 Å². The molecular formula is C18H19Cl2NO4. The van der Waals surface area contributed by atoms with Gasteiger partial charge in [0.2, 0.25) is 5.78 Å². The summed E-state index contributed by atoms with van der Waals surface area (Å²) in [6.07, 6.45) is -0.790. The van der Waals surface area contributed by atoms with Crippen molar-refractivity contribution in [3.05, 3.63) is 50.8 Å². The SMILES string of the molecule is CCOC(=O)c1c(C)[nH]c(C(=O)[C@@H](C)Oc2cc(Cl)cc(Cl)c2)c1C. The summed E-state index contributed by atoms with van der Waals surface area (Å²) in [5.41, 5.74) is 1.82. The van der Waals surface area contributed by atoms with Gasteiger partial charge in [-0.25, -0.2) is 4.79 Å². The lowest BCUT2D eigenvalue weighted by atomic mass is 10.1. The van der Waals surface area contributed by atoms with Crippen molar-refractivity contribution in [3.63, 3.8) is 0 Å². The van der Waals surface area contributed by atoms with E-state index in [0.717, 1.165) is 0 Å². The van der Waals surface area contributed by atoms with Crippen LogP contribution in [-0.4, -0.2) is 29.4 Å². The van der Waals surface area contributed by atoms with Crippen LogP contribution in [0.25, 0.3) is 0 Å². The van der Waals surface area contributed by atoms with Crippen molar-refractivity contribution in [1.82, 2.24) is 4.98 Å². The number of ketones is 1. The second kappa shape index (κ2) is 7.93. The van der Waals surface area contributed by atoms with E-state index in [-0.39, 0.29) is 12.4 Å². The number of aryl methyl sites for hydroxylation is 1. The van der Waals surface area contributed by atoms with Crippen molar-refractivity contribution in [2.24, 2.45) is 0 Å². The molecule has 0 fully saturated rings. The molecule has 1 heterocycles. The highest BCUT2D eigenvalue weighted by Gasteiger charge is 2.26. The van der Waals surface area contributed by atoms with Gasteiger partial charge in [-0.2, -0.15) is 0 Å². The van der Waals surface area contributed by atoms with E-state index in [0.29, 0.717) is 38.3 Å². The van der Waals surface area contributed by atoms with Gasteiger partial charge in [0.05, 0.1) is 17.9 Å². The average Bonchev–Trinajstić information content (AvgIpc) is 2.80. The fourth-order valence-electron chi connectivity index (χ4n) is 2.56. The minimum Gasteiger partial charge on any atom is -0.482 e. The van der Waals surface area contributed by atoms with E-state index in [1.54, 1.807) is 45.9 Å². The van der Waals surface area contributed by atoms with Crippen LogP contribution < -0.4 is 4.74 Å². The standard InChI is InChI=1S/C18H19Cl2NO4/c1-5-24-18(23)15-9(2)16(21-10(15)3)17(22)11(4)25-14-7-12(19)6-13(20)8-14/h6-8,11,21H,5H2,1-4H3/t11-/m1/s1. The lowest BCUT2D eigenvalue weighted by Crippen LogP contribution is -2.25. The number of ether oxygens (including phenoxy) is 2. The summed E-state index contributed by atoms with van der Waals surface area (Å²) in [6, 6.07) is 4.73. The summed E-state index contributed by atoms with van der Waals surface area (Å²) in [5.74, 6) is -0.347. The van der Waals surface area contributed by atoms with Gasteiger partial charge in [-0.3, -0.25) is 4.79 Å². The van der Waals surface area contributed by atoms with Gasteiger partial charge < -0.3 is 14.5 Å². The lowest BCUT2D eigenvalue weighted by Gasteiger charge is -2.14. The first-order valence-electron chi connectivity index (χ1n) is 7.77. The molecule has 0 unspecified atom stereocenters. The smallest absolute Gasteiger partial charge is 0.340 e. The number of carbonyl (C=O) groups is 2. The van der Waals surface area contributed by atoms with E-state index in [1.807, 2.05) is 0 Å². The van der Waals surface area contributed by atoms with E-state index in [1.165, 1.54) is 0 Å². The Morgan fingerprint density at radius 2 is 1.76 bits per heavy atom. The molecule has 0 spiro atoms. The van der Waals surface area contributed by atoms with E-state index in [2.05, 4.69) is 4.98 Å². The highest BCUT2D eigenvalue weighted by Crippen LogP contribution is 2.26. The van der Waals surface area contributed by atoms with E-state index in [4.69, 9.17) is 32.7 Å². The number of carbonyl (C=O) groups excluding carboxylic acids is 2. The summed E-state index contributed by atoms with van der Waals surface area (Å²) in [7, 11) is 0. The van der Waals surface area contributed by atoms with Gasteiger partial charge >= 0.3 is 5.97 Å². The molecule has 0 saturated carbocycles. The van der Waals surface area contributed by atoms with Gasteiger partial charge in [0.25, 0.3) is 0 Å². The first kappa shape index (κ1) is 19.3. The predicted octanol–water partition coefficient (Wildman–Crippen LogP) is 4.77. The fourth-order valence-corrected chi connectivity index (χ4v) is 3.07. The number of nitrogens with one attached hydrogen (secondary N) is 1. The van der Waals surface area contributed by atoms with Crippen molar-refractivity contribution in [1.29, 1.82) is 0 Å². The van der Waals surface area contributed by atoms with E-state index < -0.39 is 12.1 Å². The van der Waals surface area contributed by atoms with E-state index >= 15 is 0 Å². The first-order valence-corrected chi connectivity index (χ1v) is 8.53. The molecular weight excluding hydrogens is 365 g/mol. The van der Waals surface area contributed by atoms with Crippen LogP contribution in [0.5, 0.6) is 5.75 Å². The van der Waals surface area contributed by atoms with Crippen LogP contribution in [0.4, 0.5) is 0 Å². The quantitative estimate of drug-likeness (QED) is 0.576. The van der Waals surface area contributed by atoms with Crippen molar-refractivity contribution >= 4 is 35.0 Å². The number of hydrogen-bond donors (Lipinski definition) is 1. The molecule has 134 valence electrons. The fraction of sp³-hybridized carbons (Fsp3) is 0.333. The number of H-pyrrole nitrogens is 1. The Morgan fingerprint density at radius 1 is 1.16 bits per heavy atom. The van der Waals surface area contributed by atoms with Gasteiger partial charge in [-0.1, -0.05) is 23.2 Å². The van der Waals surface area contributed by atoms with Gasteiger partial charge in [0.1, 0.15) is 5.75 Å². The summed E-state index contributed by atoms with van der Waals surface area (Å²) < 4.78 is 10.7. The monoisotopic (exact) mass is 383 g/mol. The topological polar surface area (TPSA) is 68.4 Å². The van der Waals surface area contributed by atoms with Crippen LogP contribution in [0.15, 0.2) is 18.2 Å². The first-order chi connectivity index (χ1) is 11.7. The molecule has 0 aliphatic heterocycles. The molecule has 0 aliphatic rings. The Morgan fingerprint density at radius 3 is 2.32 bits per heavy atom. The number of benzene rings is 1. The largest absolute Gasteiger partial charge is 0.482 e. The molecule has 0 bridgehead atoms. The predicted molar refractivity (Wildman–Crippen MR) is 97.1 cm³/mol. The lowest BCUT2D eigenvalue weighted by molar-refractivity contribution is 0.0525. The Labute approximate surface area is 156 Å². The second-order valence-electron chi connectivity index (χ2n) is 5.57. The van der Waals surface area contributed by atoms with Gasteiger partial charge in [-0.15, -0.1) is 0 Å². The second-order valence-corrected chi connectivity index (χ2v) is 6.45. The number of hydrogen-bond acceptors (Lipinski definition) is 4. The molecule has 25 heavy (non-hydrogen) atoms. The van der Waals surface area contributed by atoms with Crippen LogP contribution >= 0.6 is 23.2 Å². The maximum atomic E-state index is 12.7. The minimum absolute atomic E-state index is 0.265. The van der Waals surface area contributed by atoms with Crippen LogP contribution in [0.1, 0.15) is 46.0 Å². The number of aromatic nitrogens is 1. The maximum absolute atomic E-state index is 12.7. The van der Waals surface area contributed by atoms with Gasteiger partial charge in [0, 0.05) is 15.7 Å². The Kier molecular flexibility index (Phi) is 6.14. The summed E-state index contributed by atoms with van der Waals surface area (Å²) in [6.45, 7) is 7.04. The highest BCUT2D eigenvalue weighted by atomic mass is 35.5. The van der Waals surface area contributed by atoms with Gasteiger partial charge in [0.15, 0.2) is 6.10 Å². The number of esters is 1. The Balaban J connectivity index is 2.25. The Bertz CT molecular complexity index is 793. The minimum atomic E-state index is -0.790. The molecule has 0 aliphatic carbocycles. The third-order valence-corrected chi connectivity index (χ3v) is 4.12. The van der Waals surface area contributed by atoms with Crippen LogP contribution in [0.3, 0.4) is 0 Å². The van der Waals surface area contributed by atoms with Crippen molar-refractivity contribution in [2.75, 3.05) is 6.61 Å². The Hall–Kier alpha value is -1.98. The molecule has 5 nitrogen and oxygen atoms in total. The van der Waals surface area contributed by atoms with Crippen LogP contribution in [0, 0.1) is 13.8 Å². The molecule has 2 rings (SSSR count). The summed E-state index contributed by atoms with van der Waals surface area (Å²) >= 11 is 11.9. The molecule has 7 heteroatoms. The molecule has 0 radical (unpaired) electrons. The molecule has 0 amide bonds. The zero-order valence-corrected chi connectivity index (χ0v) is 15.9. The third-order valence-electron chi connectivity index (χ3n) is 3.68. The zero-order chi connectivity index (χ0) is 18.7. The van der Waals surface area contributed by atoms with Crippen molar-refractivity contribution in [3.8, 4) is 5.75 Å². The number of halogens is 2. The number of aromatic amines is 1. The van der Waals surface area contributed by atoms with Crippen molar-refractivity contribution in [2.45, 2.75) is 33.8 Å². The van der Waals surface area contributed by atoms with Gasteiger partial charge in [-0.05, 0) is 51.5 Å². The average molecular weight is 384 g/mol. The van der Waals surface area contributed by atoms with E-state index in [9.17, 15) is 9.59 Å². The molecule has 1 atom stereocenters. The van der Waals surface area contributed by atoms with Crippen LogP contribution in [-0.2, 0) is 4.74 Å². The molecule has 1 N–H and O–H groups in total. The molecule has 2 aromatic rings. The molecule has 0 saturated heterocycles. The van der Waals surface area contributed by atoms with Crippen molar-refractivity contribution < 1.29 is 19.1 Å². The summed E-state index contributed by atoms with van der Waals surface area (Å²) in [4.78, 5) is 27.7.